The van der Waals surface area contributed by atoms with Gasteiger partial charge in [-0.3, -0.25) is 9.69 Å². The molecule has 2 rings (SSSR count). The Labute approximate surface area is 129 Å². The van der Waals surface area contributed by atoms with Gasteiger partial charge in [0.05, 0.1) is 10.9 Å². The molecule has 0 aliphatic carbocycles. The van der Waals surface area contributed by atoms with Crippen LogP contribution in [0.2, 0.25) is 4.34 Å². The largest absolute Gasteiger partial charge is 0.339 e. The lowest BCUT2D eigenvalue weighted by Gasteiger charge is -2.29. The molecule has 1 amide bonds. The Kier molecular flexibility index (Phi) is 7.10. The number of hydrogen-bond acceptors (Lipinski definition) is 4. The van der Waals surface area contributed by atoms with Gasteiger partial charge in [-0.1, -0.05) is 11.6 Å². The van der Waals surface area contributed by atoms with Crippen LogP contribution >= 0.6 is 35.3 Å². The first-order valence-corrected chi connectivity index (χ1v) is 7.26. The van der Waals surface area contributed by atoms with Crippen molar-refractivity contribution in [2.75, 3.05) is 39.8 Å². The summed E-state index contributed by atoms with van der Waals surface area (Å²) < 4.78 is 0.798. The summed E-state index contributed by atoms with van der Waals surface area (Å²) in [6.07, 6.45) is 0. The number of carbonyl (C=O) groups excluding carboxylic acids is 1. The molecule has 0 radical (unpaired) electrons. The SMILES string of the molecule is CN(CC(=O)N1CCNCC1)Cc1ccc(Cl)s1.Cl. The van der Waals surface area contributed by atoms with Crippen molar-refractivity contribution in [3.63, 3.8) is 0 Å². The number of carbonyl (C=O) groups is 1. The van der Waals surface area contributed by atoms with E-state index in [-0.39, 0.29) is 18.3 Å². The molecule has 1 aromatic rings. The predicted octanol–water partition coefficient (Wildman–Crippen LogP) is 1.69. The molecule has 0 aromatic carbocycles. The lowest BCUT2D eigenvalue weighted by atomic mass is 10.3. The number of likely N-dealkylation sites (N-methyl/N-ethyl adjacent to an activating group) is 1. The molecule has 0 spiro atoms. The molecule has 7 heteroatoms. The van der Waals surface area contributed by atoms with E-state index in [0.717, 1.165) is 37.1 Å². The Hall–Kier alpha value is -0.330. The fourth-order valence-electron chi connectivity index (χ4n) is 2.00. The molecule has 1 aliphatic rings. The van der Waals surface area contributed by atoms with Crippen molar-refractivity contribution in [2.24, 2.45) is 0 Å². The third-order valence-electron chi connectivity index (χ3n) is 2.93. The smallest absolute Gasteiger partial charge is 0.236 e. The minimum absolute atomic E-state index is 0. The quantitative estimate of drug-likeness (QED) is 0.915. The van der Waals surface area contributed by atoms with Gasteiger partial charge in [-0.15, -0.1) is 23.7 Å². The third-order valence-corrected chi connectivity index (χ3v) is 4.15. The van der Waals surface area contributed by atoms with E-state index in [1.54, 1.807) is 11.3 Å². The number of rotatable bonds is 4. The van der Waals surface area contributed by atoms with Crippen molar-refractivity contribution in [1.82, 2.24) is 15.1 Å². The zero-order chi connectivity index (χ0) is 13.0. The van der Waals surface area contributed by atoms with Crippen molar-refractivity contribution in [2.45, 2.75) is 6.54 Å². The molecular formula is C12H19Cl2N3OS. The average molecular weight is 324 g/mol. The predicted molar refractivity (Wildman–Crippen MR) is 82.4 cm³/mol. The minimum atomic E-state index is 0. The van der Waals surface area contributed by atoms with Gasteiger partial charge in [0, 0.05) is 37.6 Å². The summed E-state index contributed by atoms with van der Waals surface area (Å²) >= 11 is 7.46. The molecule has 108 valence electrons. The average Bonchev–Trinajstić information content (AvgIpc) is 2.75. The van der Waals surface area contributed by atoms with Crippen LogP contribution in [-0.4, -0.2) is 55.5 Å². The van der Waals surface area contributed by atoms with Crippen molar-refractivity contribution in [1.29, 1.82) is 0 Å². The van der Waals surface area contributed by atoms with Crippen LogP contribution in [-0.2, 0) is 11.3 Å². The molecular weight excluding hydrogens is 305 g/mol. The Balaban J connectivity index is 0.00000180. The van der Waals surface area contributed by atoms with Crippen LogP contribution < -0.4 is 5.32 Å². The second-order valence-electron chi connectivity index (χ2n) is 4.51. The zero-order valence-electron chi connectivity index (χ0n) is 10.9. The maximum Gasteiger partial charge on any atom is 0.236 e. The summed E-state index contributed by atoms with van der Waals surface area (Å²) in [4.78, 5) is 17.2. The molecule has 0 atom stereocenters. The fourth-order valence-corrected chi connectivity index (χ4v) is 3.17. The summed E-state index contributed by atoms with van der Waals surface area (Å²) in [7, 11) is 1.97. The molecule has 2 heterocycles. The number of hydrogen-bond donors (Lipinski definition) is 1. The first-order valence-electron chi connectivity index (χ1n) is 6.06. The Bertz CT molecular complexity index is 407. The maximum atomic E-state index is 12.0. The van der Waals surface area contributed by atoms with Gasteiger partial charge in [-0.2, -0.15) is 0 Å². The van der Waals surface area contributed by atoms with E-state index in [2.05, 4.69) is 5.32 Å². The maximum absolute atomic E-state index is 12.0. The molecule has 1 aromatic heterocycles. The van der Waals surface area contributed by atoms with E-state index in [0.29, 0.717) is 6.54 Å². The first kappa shape index (κ1) is 16.7. The summed E-state index contributed by atoms with van der Waals surface area (Å²) in [6, 6.07) is 3.91. The van der Waals surface area contributed by atoms with Gasteiger partial charge in [0.15, 0.2) is 0 Å². The molecule has 1 N–H and O–H groups in total. The van der Waals surface area contributed by atoms with E-state index in [1.165, 1.54) is 4.88 Å². The van der Waals surface area contributed by atoms with E-state index >= 15 is 0 Å². The summed E-state index contributed by atoms with van der Waals surface area (Å²) in [5.41, 5.74) is 0. The Morgan fingerprint density at radius 2 is 2.16 bits per heavy atom. The van der Waals surface area contributed by atoms with Crippen LogP contribution in [0.5, 0.6) is 0 Å². The van der Waals surface area contributed by atoms with Crippen LogP contribution in [0.25, 0.3) is 0 Å². The number of nitrogens with one attached hydrogen (secondary N) is 1. The summed E-state index contributed by atoms with van der Waals surface area (Å²) in [5, 5.41) is 3.25. The van der Waals surface area contributed by atoms with Gasteiger partial charge < -0.3 is 10.2 Å². The van der Waals surface area contributed by atoms with Crippen LogP contribution in [0.1, 0.15) is 4.88 Å². The van der Waals surface area contributed by atoms with Crippen molar-refractivity contribution >= 4 is 41.3 Å². The lowest BCUT2D eigenvalue weighted by Crippen LogP contribution is -2.49. The Morgan fingerprint density at radius 1 is 1.47 bits per heavy atom. The molecule has 4 nitrogen and oxygen atoms in total. The zero-order valence-corrected chi connectivity index (χ0v) is 13.3. The standard InChI is InChI=1S/C12H18ClN3OS.ClH/c1-15(8-10-2-3-11(13)18-10)9-12(17)16-6-4-14-5-7-16;/h2-3,14H,4-9H2,1H3;1H. The van der Waals surface area contributed by atoms with Crippen molar-refractivity contribution in [3.8, 4) is 0 Å². The molecule has 19 heavy (non-hydrogen) atoms. The van der Waals surface area contributed by atoms with E-state index < -0.39 is 0 Å². The van der Waals surface area contributed by atoms with Crippen LogP contribution in [0.3, 0.4) is 0 Å². The van der Waals surface area contributed by atoms with Crippen LogP contribution in [0.4, 0.5) is 0 Å². The molecule has 0 saturated carbocycles. The highest BCUT2D eigenvalue weighted by Crippen LogP contribution is 2.22. The summed E-state index contributed by atoms with van der Waals surface area (Å²) in [5.74, 6) is 0.210. The number of piperazine rings is 1. The highest BCUT2D eigenvalue weighted by molar-refractivity contribution is 7.16. The monoisotopic (exact) mass is 323 g/mol. The Morgan fingerprint density at radius 3 is 2.74 bits per heavy atom. The summed E-state index contributed by atoms with van der Waals surface area (Å²) in [6.45, 7) is 4.67. The van der Waals surface area contributed by atoms with E-state index in [9.17, 15) is 4.79 Å². The molecule has 1 aliphatic heterocycles. The van der Waals surface area contributed by atoms with Gasteiger partial charge in [-0.25, -0.2) is 0 Å². The molecule has 1 saturated heterocycles. The topological polar surface area (TPSA) is 35.6 Å². The minimum Gasteiger partial charge on any atom is -0.339 e. The van der Waals surface area contributed by atoms with Gasteiger partial charge in [0.1, 0.15) is 0 Å². The fraction of sp³-hybridized carbons (Fsp3) is 0.583. The third kappa shape index (κ3) is 5.28. The second kappa shape index (κ2) is 8.07. The van der Waals surface area contributed by atoms with Gasteiger partial charge in [0.25, 0.3) is 0 Å². The van der Waals surface area contributed by atoms with Gasteiger partial charge >= 0.3 is 0 Å². The molecule has 1 fully saturated rings. The number of nitrogens with zero attached hydrogens (tertiary/aromatic N) is 2. The van der Waals surface area contributed by atoms with Crippen LogP contribution in [0, 0.1) is 0 Å². The normalized spacial score (nSPS) is 15.4. The molecule has 0 bridgehead atoms. The van der Waals surface area contributed by atoms with E-state index in [1.807, 2.05) is 29.0 Å². The number of amides is 1. The lowest BCUT2D eigenvalue weighted by molar-refractivity contribution is -0.132. The van der Waals surface area contributed by atoms with Gasteiger partial charge in [0.2, 0.25) is 5.91 Å². The first-order chi connectivity index (χ1) is 8.65. The van der Waals surface area contributed by atoms with Crippen molar-refractivity contribution in [3.05, 3.63) is 21.3 Å². The second-order valence-corrected chi connectivity index (χ2v) is 6.31. The van der Waals surface area contributed by atoms with E-state index in [4.69, 9.17) is 11.6 Å². The molecule has 0 unspecified atom stereocenters. The number of halogens is 2. The highest BCUT2D eigenvalue weighted by atomic mass is 35.5. The van der Waals surface area contributed by atoms with Crippen LogP contribution in [0.15, 0.2) is 12.1 Å². The number of thiophene rings is 1. The van der Waals surface area contributed by atoms with Gasteiger partial charge in [-0.05, 0) is 19.2 Å². The highest BCUT2D eigenvalue weighted by Gasteiger charge is 2.17. The van der Waals surface area contributed by atoms with Crippen molar-refractivity contribution < 1.29 is 4.79 Å².